The van der Waals surface area contributed by atoms with Crippen LogP contribution < -0.4 is 4.90 Å². The number of benzene rings is 1. The summed E-state index contributed by atoms with van der Waals surface area (Å²) in [6.07, 6.45) is 8.35. The molecular formula is C16H20ClN3. The number of hydrogen-bond donors (Lipinski definition) is 0. The fourth-order valence-electron chi connectivity index (χ4n) is 3.05. The molecule has 0 aliphatic heterocycles. The van der Waals surface area contributed by atoms with E-state index >= 15 is 0 Å². The molecule has 3 nitrogen and oxygen atoms in total. The van der Waals surface area contributed by atoms with E-state index in [2.05, 4.69) is 9.88 Å². The average Bonchev–Trinajstić information content (AvgIpc) is 2.53. The van der Waals surface area contributed by atoms with Gasteiger partial charge in [-0.3, -0.25) is 4.98 Å². The van der Waals surface area contributed by atoms with E-state index in [0.29, 0.717) is 11.9 Å². The van der Waals surface area contributed by atoms with Gasteiger partial charge in [0.2, 0.25) is 0 Å². The standard InChI is InChI=1S/C16H20ClN3/c17-10-11-20(13-6-2-1-3-7-13)16-12-18-14-8-4-5-9-15(14)19-16/h4-5,8-9,12-13H,1-3,6-7,10-11H2. The van der Waals surface area contributed by atoms with Gasteiger partial charge in [0.25, 0.3) is 0 Å². The minimum atomic E-state index is 0.568. The quantitative estimate of drug-likeness (QED) is 0.797. The zero-order valence-corrected chi connectivity index (χ0v) is 12.4. The van der Waals surface area contributed by atoms with Gasteiger partial charge in [0.15, 0.2) is 0 Å². The fourth-order valence-corrected chi connectivity index (χ4v) is 3.24. The van der Waals surface area contributed by atoms with Gasteiger partial charge in [-0.2, -0.15) is 0 Å². The first-order valence-electron chi connectivity index (χ1n) is 7.43. The van der Waals surface area contributed by atoms with Crippen LogP contribution in [0, 0.1) is 0 Å². The summed E-state index contributed by atoms with van der Waals surface area (Å²) in [6, 6.07) is 8.59. The predicted molar refractivity (Wildman–Crippen MR) is 84.5 cm³/mol. The van der Waals surface area contributed by atoms with E-state index in [-0.39, 0.29) is 0 Å². The summed E-state index contributed by atoms with van der Waals surface area (Å²) < 4.78 is 0. The highest BCUT2D eigenvalue weighted by atomic mass is 35.5. The van der Waals surface area contributed by atoms with Crippen molar-refractivity contribution in [1.82, 2.24) is 9.97 Å². The van der Waals surface area contributed by atoms with E-state index in [1.807, 2.05) is 30.5 Å². The lowest BCUT2D eigenvalue weighted by Gasteiger charge is -2.34. The molecule has 0 radical (unpaired) electrons. The van der Waals surface area contributed by atoms with Crippen LogP contribution in [-0.2, 0) is 0 Å². The van der Waals surface area contributed by atoms with Gasteiger partial charge in [0.05, 0.1) is 17.2 Å². The summed E-state index contributed by atoms with van der Waals surface area (Å²) in [6.45, 7) is 0.846. The van der Waals surface area contributed by atoms with Crippen LogP contribution in [0.1, 0.15) is 32.1 Å². The molecule has 0 saturated heterocycles. The largest absolute Gasteiger partial charge is 0.351 e. The maximum absolute atomic E-state index is 5.99. The molecule has 1 fully saturated rings. The van der Waals surface area contributed by atoms with Crippen LogP contribution in [-0.4, -0.2) is 28.4 Å². The van der Waals surface area contributed by atoms with Gasteiger partial charge in [-0.25, -0.2) is 4.98 Å². The van der Waals surface area contributed by atoms with E-state index in [1.54, 1.807) is 0 Å². The third kappa shape index (κ3) is 2.88. The summed E-state index contributed by atoms with van der Waals surface area (Å²) in [5, 5.41) is 0. The number of anilines is 1. The third-order valence-electron chi connectivity index (χ3n) is 4.07. The van der Waals surface area contributed by atoms with Gasteiger partial charge in [-0.15, -0.1) is 11.6 Å². The van der Waals surface area contributed by atoms with Crippen LogP contribution in [0.2, 0.25) is 0 Å². The summed E-state index contributed by atoms with van der Waals surface area (Å²) in [7, 11) is 0. The maximum Gasteiger partial charge on any atom is 0.148 e. The Balaban J connectivity index is 1.91. The lowest BCUT2D eigenvalue weighted by molar-refractivity contribution is 0.416. The molecule has 1 saturated carbocycles. The van der Waals surface area contributed by atoms with E-state index in [4.69, 9.17) is 16.6 Å². The van der Waals surface area contributed by atoms with E-state index in [9.17, 15) is 0 Å². The van der Waals surface area contributed by atoms with Crippen molar-refractivity contribution in [2.45, 2.75) is 38.1 Å². The monoisotopic (exact) mass is 289 g/mol. The molecule has 1 aliphatic carbocycles. The van der Waals surface area contributed by atoms with Crippen molar-refractivity contribution in [3.8, 4) is 0 Å². The number of nitrogens with zero attached hydrogens (tertiary/aromatic N) is 3. The van der Waals surface area contributed by atoms with Crippen LogP contribution in [0.3, 0.4) is 0 Å². The van der Waals surface area contributed by atoms with Crippen LogP contribution in [0.4, 0.5) is 5.82 Å². The van der Waals surface area contributed by atoms with Crippen molar-refractivity contribution in [3.63, 3.8) is 0 Å². The highest BCUT2D eigenvalue weighted by Crippen LogP contribution is 2.26. The number of aromatic nitrogens is 2. The molecule has 0 N–H and O–H groups in total. The SMILES string of the molecule is ClCCN(c1cnc2ccccc2n1)C1CCCCC1. The third-order valence-corrected chi connectivity index (χ3v) is 4.24. The van der Waals surface area contributed by atoms with Crippen LogP contribution in [0.25, 0.3) is 11.0 Å². The second kappa shape index (κ2) is 6.40. The summed E-state index contributed by atoms with van der Waals surface area (Å²) in [5.74, 6) is 1.60. The van der Waals surface area contributed by atoms with Crippen molar-refractivity contribution < 1.29 is 0 Å². The van der Waals surface area contributed by atoms with Crippen molar-refractivity contribution in [1.29, 1.82) is 0 Å². The first-order chi connectivity index (χ1) is 9.88. The summed E-state index contributed by atoms with van der Waals surface area (Å²) in [5.41, 5.74) is 1.91. The number of alkyl halides is 1. The van der Waals surface area contributed by atoms with Crippen molar-refractivity contribution in [2.24, 2.45) is 0 Å². The zero-order chi connectivity index (χ0) is 13.8. The van der Waals surface area contributed by atoms with E-state index in [1.165, 1.54) is 32.1 Å². The predicted octanol–water partition coefficient (Wildman–Crippen LogP) is 4.01. The molecule has 1 aromatic heterocycles. The van der Waals surface area contributed by atoms with Crippen molar-refractivity contribution in [3.05, 3.63) is 30.5 Å². The minimum absolute atomic E-state index is 0.568. The Kier molecular flexibility index (Phi) is 4.36. The molecule has 4 heteroatoms. The van der Waals surface area contributed by atoms with Gasteiger partial charge >= 0.3 is 0 Å². The first kappa shape index (κ1) is 13.6. The molecule has 20 heavy (non-hydrogen) atoms. The van der Waals surface area contributed by atoms with Crippen molar-refractivity contribution in [2.75, 3.05) is 17.3 Å². The zero-order valence-electron chi connectivity index (χ0n) is 11.6. The molecule has 3 rings (SSSR count). The molecule has 0 bridgehead atoms. The Bertz CT molecular complexity index is 566. The topological polar surface area (TPSA) is 29.0 Å². The lowest BCUT2D eigenvalue weighted by Crippen LogP contribution is -2.38. The number of para-hydroxylation sites is 2. The average molecular weight is 290 g/mol. The highest BCUT2D eigenvalue weighted by molar-refractivity contribution is 6.18. The van der Waals surface area contributed by atoms with E-state index < -0.39 is 0 Å². The Morgan fingerprint density at radius 2 is 1.85 bits per heavy atom. The van der Waals surface area contributed by atoms with Crippen LogP contribution in [0.15, 0.2) is 30.5 Å². The molecule has 1 heterocycles. The Hall–Kier alpha value is -1.35. The number of fused-ring (bicyclic) bond motifs is 1. The number of hydrogen-bond acceptors (Lipinski definition) is 3. The first-order valence-corrected chi connectivity index (χ1v) is 7.96. The Labute approximate surface area is 125 Å². The molecule has 0 unspecified atom stereocenters. The summed E-state index contributed by atoms with van der Waals surface area (Å²) >= 11 is 5.99. The fraction of sp³-hybridized carbons (Fsp3) is 0.500. The Morgan fingerprint density at radius 3 is 2.60 bits per heavy atom. The second-order valence-corrected chi connectivity index (χ2v) is 5.77. The maximum atomic E-state index is 5.99. The molecule has 0 atom stereocenters. The van der Waals surface area contributed by atoms with Gasteiger partial charge in [-0.05, 0) is 25.0 Å². The number of rotatable bonds is 4. The van der Waals surface area contributed by atoms with Gasteiger partial charge in [0.1, 0.15) is 5.82 Å². The molecule has 1 aromatic carbocycles. The molecular weight excluding hydrogens is 270 g/mol. The van der Waals surface area contributed by atoms with Gasteiger partial charge in [0, 0.05) is 18.5 Å². The Morgan fingerprint density at radius 1 is 1.10 bits per heavy atom. The van der Waals surface area contributed by atoms with Gasteiger partial charge < -0.3 is 4.90 Å². The van der Waals surface area contributed by atoms with Crippen LogP contribution >= 0.6 is 11.6 Å². The van der Waals surface area contributed by atoms with E-state index in [0.717, 1.165) is 23.4 Å². The minimum Gasteiger partial charge on any atom is -0.351 e. The molecule has 1 aliphatic rings. The van der Waals surface area contributed by atoms with Gasteiger partial charge in [-0.1, -0.05) is 31.4 Å². The molecule has 0 spiro atoms. The summed E-state index contributed by atoms with van der Waals surface area (Å²) in [4.78, 5) is 11.7. The second-order valence-electron chi connectivity index (χ2n) is 5.39. The smallest absolute Gasteiger partial charge is 0.148 e. The van der Waals surface area contributed by atoms with Crippen molar-refractivity contribution >= 4 is 28.5 Å². The lowest BCUT2D eigenvalue weighted by atomic mass is 9.94. The molecule has 2 aromatic rings. The molecule has 106 valence electrons. The highest BCUT2D eigenvalue weighted by Gasteiger charge is 2.22. The molecule has 0 amide bonds. The van der Waals surface area contributed by atoms with Crippen LogP contribution in [0.5, 0.6) is 0 Å². The normalized spacial score (nSPS) is 16.4. The number of halogens is 1.